The number of rotatable bonds is 6. The Labute approximate surface area is 166 Å². The van der Waals surface area contributed by atoms with Gasteiger partial charge in [0.05, 0.1) is 23.8 Å². The molecule has 0 bridgehead atoms. The third-order valence-corrected chi connectivity index (χ3v) is 3.82. The van der Waals surface area contributed by atoms with Crippen molar-refractivity contribution in [1.29, 1.82) is 0 Å². The Bertz CT molecular complexity index is 1060. The topological polar surface area (TPSA) is 115 Å². The Balaban J connectivity index is 1.54. The Kier molecular flexibility index (Phi) is 6.04. The molecular formula is C18H15F3N4O5. The van der Waals surface area contributed by atoms with Crippen LogP contribution in [0.25, 0.3) is 11.0 Å². The SMILES string of the molecule is O=C(COC(=O)Cn1c(C(F)(F)F)nc2ccccc21)NC(=O)NCc1ccco1. The molecule has 0 saturated carbocycles. The van der Waals surface area contributed by atoms with E-state index in [2.05, 4.69) is 15.0 Å². The smallest absolute Gasteiger partial charge is 0.449 e. The summed E-state index contributed by atoms with van der Waals surface area (Å²) < 4.78 is 50.0. The van der Waals surface area contributed by atoms with Crippen LogP contribution < -0.4 is 10.6 Å². The van der Waals surface area contributed by atoms with Gasteiger partial charge in [-0.1, -0.05) is 12.1 Å². The van der Waals surface area contributed by atoms with E-state index in [9.17, 15) is 27.6 Å². The predicted molar refractivity (Wildman–Crippen MR) is 94.8 cm³/mol. The van der Waals surface area contributed by atoms with Crippen molar-refractivity contribution in [3.8, 4) is 0 Å². The van der Waals surface area contributed by atoms with Crippen LogP contribution in [0.4, 0.5) is 18.0 Å². The van der Waals surface area contributed by atoms with Crippen LogP contribution in [0.3, 0.4) is 0 Å². The van der Waals surface area contributed by atoms with Crippen molar-refractivity contribution in [3.63, 3.8) is 0 Å². The highest BCUT2D eigenvalue weighted by Crippen LogP contribution is 2.31. The van der Waals surface area contributed by atoms with E-state index in [1.165, 1.54) is 30.5 Å². The van der Waals surface area contributed by atoms with Crippen LogP contribution in [-0.4, -0.2) is 34.1 Å². The van der Waals surface area contributed by atoms with E-state index >= 15 is 0 Å². The molecule has 0 atom stereocenters. The number of fused-ring (bicyclic) bond motifs is 1. The molecule has 158 valence electrons. The zero-order chi connectivity index (χ0) is 21.7. The lowest BCUT2D eigenvalue weighted by molar-refractivity contribution is -0.153. The molecule has 30 heavy (non-hydrogen) atoms. The summed E-state index contributed by atoms with van der Waals surface area (Å²) in [6.07, 6.45) is -3.38. The summed E-state index contributed by atoms with van der Waals surface area (Å²) in [6.45, 7) is -1.63. The van der Waals surface area contributed by atoms with E-state index in [0.717, 1.165) is 0 Å². The fourth-order valence-electron chi connectivity index (χ4n) is 2.56. The van der Waals surface area contributed by atoms with E-state index in [1.807, 2.05) is 5.32 Å². The molecule has 0 unspecified atom stereocenters. The second kappa shape index (κ2) is 8.68. The summed E-state index contributed by atoms with van der Waals surface area (Å²) in [5, 5.41) is 4.26. The van der Waals surface area contributed by atoms with Crippen LogP contribution in [0.2, 0.25) is 0 Å². The fourth-order valence-corrected chi connectivity index (χ4v) is 2.56. The van der Waals surface area contributed by atoms with E-state index in [0.29, 0.717) is 10.3 Å². The number of aromatic nitrogens is 2. The van der Waals surface area contributed by atoms with Crippen molar-refractivity contribution in [1.82, 2.24) is 20.2 Å². The van der Waals surface area contributed by atoms with Crippen LogP contribution in [0.15, 0.2) is 47.1 Å². The van der Waals surface area contributed by atoms with Crippen LogP contribution in [0, 0.1) is 0 Å². The van der Waals surface area contributed by atoms with Crippen molar-refractivity contribution in [2.45, 2.75) is 19.3 Å². The zero-order valence-corrected chi connectivity index (χ0v) is 15.2. The number of amides is 3. The van der Waals surface area contributed by atoms with Gasteiger partial charge in [0.25, 0.3) is 5.91 Å². The minimum atomic E-state index is -4.79. The van der Waals surface area contributed by atoms with Crippen LogP contribution in [0.5, 0.6) is 0 Å². The largest absolute Gasteiger partial charge is 0.467 e. The van der Waals surface area contributed by atoms with E-state index in [1.54, 1.807) is 12.1 Å². The summed E-state index contributed by atoms with van der Waals surface area (Å²) in [6, 6.07) is 8.14. The number of hydrogen-bond donors (Lipinski definition) is 2. The average molecular weight is 424 g/mol. The number of nitrogens with zero attached hydrogens (tertiary/aromatic N) is 2. The van der Waals surface area contributed by atoms with E-state index in [-0.39, 0.29) is 17.6 Å². The van der Waals surface area contributed by atoms with E-state index < -0.39 is 43.1 Å². The molecule has 0 spiro atoms. The number of benzene rings is 1. The number of imide groups is 1. The maximum atomic E-state index is 13.2. The van der Waals surface area contributed by atoms with Crippen molar-refractivity contribution in [2.75, 3.05) is 6.61 Å². The lowest BCUT2D eigenvalue weighted by Crippen LogP contribution is -2.41. The quantitative estimate of drug-likeness (QED) is 0.587. The first-order valence-corrected chi connectivity index (χ1v) is 8.52. The number of hydrogen-bond acceptors (Lipinski definition) is 6. The lowest BCUT2D eigenvalue weighted by Gasteiger charge is -2.11. The number of alkyl halides is 3. The normalized spacial score (nSPS) is 11.3. The highest BCUT2D eigenvalue weighted by Gasteiger charge is 2.38. The highest BCUT2D eigenvalue weighted by atomic mass is 19.4. The minimum absolute atomic E-state index is 0.0276. The highest BCUT2D eigenvalue weighted by molar-refractivity contribution is 5.95. The summed E-state index contributed by atoms with van der Waals surface area (Å²) in [7, 11) is 0. The molecule has 3 amide bonds. The molecule has 0 saturated heterocycles. The number of carbonyl (C=O) groups excluding carboxylic acids is 3. The number of para-hydroxylation sites is 2. The maximum Gasteiger partial charge on any atom is 0.449 e. The Morgan fingerprint density at radius 1 is 1.13 bits per heavy atom. The first kappa shape index (κ1) is 20.9. The second-order valence-corrected chi connectivity index (χ2v) is 5.98. The lowest BCUT2D eigenvalue weighted by atomic mass is 10.3. The molecule has 2 heterocycles. The first-order valence-electron chi connectivity index (χ1n) is 8.52. The summed E-state index contributed by atoms with van der Waals surface area (Å²) in [5.41, 5.74) is 0.145. The second-order valence-electron chi connectivity index (χ2n) is 5.98. The number of furan rings is 1. The molecule has 12 heteroatoms. The van der Waals surface area contributed by atoms with Gasteiger partial charge in [0.15, 0.2) is 6.61 Å². The standard InChI is InChI=1S/C18H15F3N4O5/c19-18(20,21)16-23-12-5-1-2-6-13(12)25(16)9-15(27)30-10-14(26)24-17(28)22-8-11-4-3-7-29-11/h1-7H,8-10H2,(H2,22,24,26,28). The molecule has 3 aromatic rings. The van der Waals surface area contributed by atoms with Gasteiger partial charge in [0, 0.05) is 0 Å². The average Bonchev–Trinajstić information content (AvgIpc) is 3.33. The Hall–Kier alpha value is -3.83. The zero-order valence-electron chi connectivity index (χ0n) is 15.2. The number of ether oxygens (including phenoxy) is 1. The van der Waals surface area contributed by atoms with E-state index in [4.69, 9.17) is 4.42 Å². The van der Waals surface area contributed by atoms with Gasteiger partial charge < -0.3 is 19.0 Å². The molecule has 1 aromatic carbocycles. The molecule has 2 aromatic heterocycles. The monoisotopic (exact) mass is 424 g/mol. The number of carbonyl (C=O) groups is 3. The minimum Gasteiger partial charge on any atom is -0.467 e. The summed E-state index contributed by atoms with van der Waals surface area (Å²) in [4.78, 5) is 38.8. The predicted octanol–water partition coefficient (Wildman–Crippen LogP) is 2.22. The fraction of sp³-hybridized carbons (Fsp3) is 0.222. The number of halogens is 3. The molecule has 0 radical (unpaired) electrons. The maximum absolute atomic E-state index is 13.2. The van der Waals surface area contributed by atoms with Crippen LogP contribution in [0.1, 0.15) is 11.6 Å². The van der Waals surface area contributed by atoms with Gasteiger partial charge in [-0.3, -0.25) is 14.9 Å². The number of imidazole rings is 1. The molecule has 9 nitrogen and oxygen atoms in total. The number of esters is 1. The van der Waals surface area contributed by atoms with Crippen molar-refractivity contribution in [2.24, 2.45) is 0 Å². The van der Waals surface area contributed by atoms with Gasteiger partial charge in [-0.15, -0.1) is 0 Å². The van der Waals surface area contributed by atoms with Gasteiger partial charge in [0.2, 0.25) is 5.82 Å². The van der Waals surface area contributed by atoms with Crippen LogP contribution >= 0.6 is 0 Å². The third-order valence-electron chi connectivity index (χ3n) is 3.82. The van der Waals surface area contributed by atoms with Gasteiger partial charge in [-0.05, 0) is 24.3 Å². The van der Waals surface area contributed by atoms with Gasteiger partial charge in [-0.25, -0.2) is 9.78 Å². The summed E-state index contributed by atoms with van der Waals surface area (Å²) >= 11 is 0. The van der Waals surface area contributed by atoms with Crippen molar-refractivity contribution < 1.29 is 36.7 Å². The van der Waals surface area contributed by atoms with Crippen molar-refractivity contribution in [3.05, 3.63) is 54.2 Å². The van der Waals surface area contributed by atoms with Gasteiger partial charge in [-0.2, -0.15) is 13.2 Å². The number of nitrogens with one attached hydrogen (secondary N) is 2. The molecular weight excluding hydrogens is 409 g/mol. The molecule has 0 aliphatic carbocycles. The van der Waals surface area contributed by atoms with Gasteiger partial charge in [0.1, 0.15) is 12.3 Å². The first-order chi connectivity index (χ1) is 14.2. The molecule has 3 rings (SSSR count). The number of urea groups is 1. The Morgan fingerprint density at radius 2 is 1.90 bits per heavy atom. The molecule has 0 fully saturated rings. The molecule has 0 aliphatic heterocycles. The Morgan fingerprint density at radius 3 is 2.60 bits per heavy atom. The van der Waals surface area contributed by atoms with Gasteiger partial charge >= 0.3 is 18.2 Å². The summed E-state index contributed by atoms with van der Waals surface area (Å²) in [5.74, 6) is -2.86. The van der Waals surface area contributed by atoms with Crippen molar-refractivity contribution >= 4 is 28.9 Å². The third kappa shape index (κ3) is 5.16. The molecule has 2 N–H and O–H groups in total. The molecule has 0 aliphatic rings. The van der Waals surface area contributed by atoms with Crippen LogP contribution in [-0.2, 0) is 33.6 Å².